The van der Waals surface area contributed by atoms with Gasteiger partial charge >= 0.3 is 0 Å². The van der Waals surface area contributed by atoms with Crippen LogP contribution in [0.4, 0.5) is 0 Å². The van der Waals surface area contributed by atoms with E-state index in [1.54, 1.807) is 18.2 Å². The fourth-order valence-electron chi connectivity index (χ4n) is 1.51. The number of halogens is 2. The average Bonchev–Trinajstić information content (AvgIpc) is 2.41. The van der Waals surface area contributed by atoms with Gasteiger partial charge in [0, 0.05) is 22.4 Å². The number of nitrogens with one attached hydrogen (secondary N) is 1. The monoisotopic (exact) mass is 395 g/mol. The fraction of sp³-hybridized carbons (Fsp3) is 0.500. The molecule has 0 aliphatic rings. The van der Waals surface area contributed by atoms with Crippen molar-refractivity contribution >= 4 is 44.2 Å². The summed E-state index contributed by atoms with van der Waals surface area (Å²) >= 11 is 9.17. The summed E-state index contributed by atoms with van der Waals surface area (Å²) in [4.78, 5) is 11.5. The molecule has 1 aromatic rings. The molecule has 0 aliphatic carbocycles. The molecule has 118 valence electrons. The zero-order chi connectivity index (χ0) is 15.7. The lowest BCUT2D eigenvalue weighted by atomic mass is 10.3. The van der Waals surface area contributed by atoms with Crippen LogP contribution in [0.25, 0.3) is 0 Å². The molecule has 1 rings (SSSR count). The van der Waals surface area contributed by atoms with E-state index in [-0.39, 0.29) is 18.3 Å². The second kappa shape index (κ2) is 10.2. The number of rotatable bonds is 9. The van der Waals surface area contributed by atoms with Gasteiger partial charge in [-0.05, 0) is 40.5 Å². The van der Waals surface area contributed by atoms with Crippen molar-refractivity contribution in [2.24, 2.45) is 0 Å². The Morgan fingerprint density at radius 3 is 2.90 bits per heavy atom. The van der Waals surface area contributed by atoms with E-state index in [0.29, 0.717) is 23.1 Å². The van der Waals surface area contributed by atoms with Gasteiger partial charge in [-0.15, -0.1) is 0 Å². The molecule has 1 N–H and O–H groups in total. The topological polar surface area (TPSA) is 55.4 Å². The summed E-state index contributed by atoms with van der Waals surface area (Å²) in [5.74, 6) is 0.809. The lowest BCUT2D eigenvalue weighted by molar-refractivity contribution is -0.118. The Morgan fingerprint density at radius 1 is 1.48 bits per heavy atom. The SMILES string of the molecule is CCCCNC(=O)CS(=O)CCOc1ccc(Cl)cc1Br. The van der Waals surface area contributed by atoms with Gasteiger partial charge in [0.15, 0.2) is 0 Å². The molecular formula is C14H19BrClNO3S. The van der Waals surface area contributed by atoms with Gasteiger partial charge < -0.3 is 10.1 Å². The molecule has 0 aromatic heterocycles. The van der Waals surface area contributed by atoms with E-state index in [1.807, 2.05) is 0 Å². The number of unbranched alkanes of at least 4 members (excludes halogenated alkanes) is 1. The van der Waals surface area contributed by atoms with Crippen molar-refractivity contribution < 1.29 is 13.7 Å². The van der Waals surface area contributed by atoms with Crippen LogP contribution in [0.15, 0.2) is 22.7 Å². The van der Waals surface area contributed by atoms with Crippen LogP contribution in [-0.4, -0.2) is 34.8 Å². The average molecular weight is 397 g/mol. The molecule has 0 heterocycles. The highest BCUT2D eigenvalue weighted by atomic mass is 79.9. The van der Waals surface area contributed by atoms with Gasteiger partial charge in [0.1, 0.15) is 11.5 Å². The van der Waals surface area contributed by atoms with Crippen LogP contribution < -0.4 is 10.1 Å². The number of benzene rings is 1. The van der Waals surface area contributed by atoms with E-state index < -0.39 is 10.8 Å². The maximum Gasteiger partial charge on any atom is 0.232 e. The fourth-order valence-corrected chi connectivity index (χ4v) is 3.12. The molecule has 1 aromatic carbocycles. The summed E-state index contributed by atoms with van der Waals surface area (Å²) in [6.07, 6.45) is 1.96. The predicted molar refractivity (Wildman–Crippen MR) is 90.4 cm³/mol. The molecule has 0 spiro atoms. The first-order valence-corrected chi connectivity index (χ1v) is 9.38. The smallest absolute Gasteiger partial charge is 0.232 e. The number of ether oxygens (including phenoxy) is 1. The largest absolute Gasteiger partial charge is 0.491 e. The first-order valence-electron chi connectivity index (χ1n) is 6.72. The van der Waals surface area contributed by atoms with Gasteiger partial charge in [-0.25, -0.2) is 0 Å². The molecule has 1 atom stereocenters. The highest BCUT2D eigenvalue weighted by Crippen LogP contribution is 2.27. The van der Waals surface area contributed by atoms with Crippen LogP contribution in [0.2, 0.25) is 5.02 Å². The van der Waals surface area contributed by atoms with Gasteiger partial charge in [-0.3, -0.25) is 9.00 Å². The van der Waals surface area contributed by atoms with Crippen molar-refractivity contribution in [2.45, 2.75) is 19.8 Å². The van der Waals surface area contributed by atoms with E-state index in [9.17, 15) is 9.00 Å². The van der Waals surface area contributed by atoms with Crippen molar-refractivity contribution in [3.63, 3.8) is 0 Å². The number of carbonyl (C=O) groups is 1. The number of hydrogen-bond donors (Lipinski definition) is 1. The summed E-state index contributed by atoms with van der Waals surface area (Å²) in [6.45, 7) is 2.98. The summed E-state index contributed by atoms with van der Waals surface area (Å²) < 4.78 is 18.0. The summed E-state index contributed by atoms with van der Waals surface area (Å²) in [6, 6.07) is 5.20. The third-order valence-corrected chi connectivity index (χ3v) is 4.67. The van der Waals surface area contributed by atoms with Gasteiger partial charge in [-0.2, -0.15) is 0 Å². The Morgan fingerprint density at radius 2 is 2.24 bits per heavy atom. The van der Waals surface area contributed by atoms with E-state index in [4.69, 9.17) is 16.3 Å². The van der Waals surface area contributed by atoms with Gasteiger partial charge in [-0.1, -0.05) is 24.9 Å². The van der Waals surface area contributed by atoms with E-state index >= 15 is 0 Å². The van der Waals surface area contributed by atoms with Crippen LogP contribution in [0, 0.1) is 0 Å². The molecule has 0 aliphatic heterocycles. The molecule has 21 heavy (non-hydrogen) atoms. The molecule has 1 unspecified atom stereocenters. The highest BCUT2D eigenvalue weighted by molar-refractivity contribution is 9.10. The molecule has 0 saturated heterocycles. The Kier molecular flexibility index (Phi) is 8.96. The first-order chi connectivity index (χ1) is 10.0. The van der Waals surface area contributed by atoms with Crippen LogP contribution in [0.1, 0.15) is 19.8 Å². The molecule has 4 nitrogen and oxygen atoms in total. The number of amides is 1. The summed E-state index contributed by atoms with van der Waals surface area (Å²) in [7, 11) is -1.22. The third-order valence-electron chi connectivity index (χ3n) is 2.61. The van der Waals surface area contributed by atoms with Crippen molar-refractivity contribution in [3.05, 3.63) is 27.7 Å². The van der Waals surface area contributed by atoms with Gasteiger partial charge in [0.05, 0.1) is 16.8 Å². The minimum atomic E-state index is -1.22. The lowest BCUT2D eigenvalue weighted by Gasteiger charge is -2.08. The van der Waals surface area contributed by atoms with Crippen molar-refractivity contribution in [2.75, 3.05) is 24.7 Å². The van der Waals surface area contributed by atoms with Crippen LogP contribution in [0.5, 0.6) is 5.75 Å². The molecule has 0 radical (unpaired) electrons. The molecular weight excluding hydrogens is 378 g/mol. The lowest BCUT2D eigenvalue weighted by Crippen LogP contribution is -2.30. The van der Waals surface area contributed by atoms with Crippen LogP contribution in [0.3, 0.4) is 0 Å². The van der Waals surface area contributed by atoms with Crippen molar-refractivity contribution in [1.29, 1.82) is 0 Å². The van der Waals surface area contributed by atoms with E-state index in [0.717, 1.165) is 17.3 Å². The molecule has 7 heteroatoms. The minimum Gasteiger partial charge on any atom is -0.491 e. The summed E-state index contributed by atoms with van der Waals surface area (Å²) in [5.41, 5.74) is 0. The van der Waals surface area contributed by atoms with Gasteiger partial charge in [0.2, 0.25) is 5.91 Å². The standard InChI is InChI=1S/C14H19BrClNO3S/c1-2-3-6-17-14(18)10-21(19)8-7-20-13-5-4-11(16)9-12(13)15/h4-5,9H,2-3,6-8,10H2,1H3,(H,17,18). The second-order valence-corrected chi connectivity index (χ2v) is 7.28. The third kappa shape index (κ3) is 7.83. The molecule has 0 saturated carbocycles. The quantitative estimate of drug-likeness (QED) is 0.652. The number of hydrogen-bond acceptors (Lipinski definition) is 3. The Balaban J connectivity index is 2.25. The Bertz CT molecular complexity index is 499. The Labute approximate surface area is 141 Å². The highest BCUT2D eigenvalue weighted by Gasteiger charge is 2.08. The van der Waals surface area contributed by atoms with Crippen molar-refractivity contribution in [1.82, 2.24) is 5.32 Å². The summed E-state index contributed by atoms with van der Waals surface area (Å²) in [5, 5.41) is 3.36. The second-order valence-electron chi connectivity index (χ2n) is 4.42. The maximum absolute atomic E-state index is 11.8. The van der Waals surface area contributed by atoms with E-state index in [2.05, 4.69) is 28.2 Å². The van der Waals surface area contributed by atoms with Gasteiger partial charge in [0.25, 0.3) is 0 Å². The van der Waals surface area contributed by atoms with Crippen molar-refractivity contribution in [3.8, 4) is 5.75 Å². The molecule has 1 amide bonds. The first kappa shape index (κ1) is 18.5. The Hall–Kier alpha value is -0.590. The van der Waals surface area contributed by atoms with Crippen LogP contribution >= 0.6 is 27.5 Å². The zero-order valence-corrected chi connectivity index (χ0v) is 15.0. The molecule has 0 bridgehead atoms. The normalized spacial score (nSPS) is 12.0. The number of carbonyl (C=O) groups excluding carboxylic acids is 1. The zero-order valence-electron chi connectivity index (χ0n) is 11.9. The predicted octanol–water partition coefficient (Wildman–Crippen LogP) is 3.15. The maximum atomic E-state index is 11.8. The minimum absolute atomic E-state index is 0.0227. The molecule has 0 fully saturated rings. The van der Waals surface area contributed by atoms with Crippen LogP contribution in [-0.2, 0) is 15.6 Å². The van der Waals surface area contributed by atoms with E-state index in [1.165, 1.54) is 0 Å².